The first-order chi connectivity index (χ1) is 24.3. The zero-order valence-corrected chi connectivity index (χ0v) is 27.1. The summed E-state index contributed by atoms with van der Waals surface area (Å²) in [4.78, 5) is 0. The van der Waals surface area contributed by atoms with Crippen LogP contribution in [0.1, 0.15) is 0 Å². The van der Waals surface area contributed by atoms with Crippen LogP contribution in [0, 0.1) is 0 Å². The van der Waals surface area contributed by atoms with Crippen molar-refractivity contribution in [2.45, 2.75) is 0 Å². The van der Waals surface area contributed by atoms with E-state index in [2.05, 4.69) is 140 Å². The van der Waals surface area contributed by atoms with Crippen LogP contribution in [0.2, 0.25) is 0 Å². The van der Waals surface area contributed by atoms with E-state index < -0.39 is 0 Å². The molecule has 3 heteroatoms. The van der Waals surface area contributed by atoms with E-state index in [1.165, 1.54) is 58.4 Å². The maximum atomic E-state index is 6.83. The molecule has 0 saturated carbocycles. The van der Waals surface area contributed by atoms with Crippen LogP contribution in [0.15, 0.2) is 167 Å². The van der Waals surface area contributed by atoms with Crippen molar-refractivity contribution >= 4 is 86.0 Å². The Morgan fingerprint density at radius 1 is 0.367 bits per heavy atom. The van der Waals surface area contributed by atoms with Gasteiger partial charge in [0.05, 0.1) is 5.39 Å². The minimum absolute atomic E-state index is 0.824. The molecule has 0 aliphatic carbocycles. The van der Waals surface area contributed by atoms with E-state index in [0.717, 1.165) is 49.8 Å². The maximum absolute atomic E-state index is 6.83. The molecule has 0 aliphatic rings. The molecule has 0 aliphatic heterocycles. The van der Waals surface area contributed by atoms with Gasteiger partial charge in [-0.05, 0) is 74.1 Å². The van der Waals surface area contributed by atoms with Crippen LogP contribution in [0.4, 0.5) is 0 Å². The molecule has 3 aromatic heterocycles. The van der Waals surface area contributed by atoms with Gasteiger partial charge in [-0.15, -0.1) is 11.3 Å². The molecule has 0 spiro atoms. The van der Waals surface area contributed by atoms with Gasteiger partial charge in [0, 0.05) is 36.5 Å². The Labute approximate surface area is 285 Å². The van der Waals surface area contributed by atoms with E-state index in [1.807, 2.05) is 29.5 Å². The molecule has 11 rings (SSSR count). The van der Waals surface area contributed by atoms with Crippen molar-refractivity contribution in [3.63, 3.8) is 0 Å². The highest BCUT2D eigenvalue weighted by Crippen LogP contribution is 2.50. The number of para-hydroxylation sites is 1. The topological polar surface area (TPSA) is 26.3 Å². The molecule has 0 N–H and O–H groups in total. The SMILES string of the molecule is c1ccc(-c2cc3c(-c4c5ccccc5c(-c5cccc6sc7ccccc7c56)c5ccccc45)cc4oc5ccccc5c4c3o2)cc1. The standard InChI is InChI=1S/C46H26O2S/c1-2-13-27(14-3-1)38-26-36-35(25-39-45(46(36)48-38)32-19-8-10-22-37(32)47-39)43-30-17-6-4-15-28(30)42(29-16-5-7-18-31(29)43)34-21-12-24-41-44(34)33-20-9-11-23-40(33)49-41/h1-26H. The Balaban J connectivity index is 1.31. The minimum Gasteiger partial charge on any atom is -0.456 e. The van der Waals surface area contributed by atoms with Crippen molar-refractivity contribution in [3.05, 3.63) is 158 Å². The van der Waals surface area contributed by atoms with E-state index in [-0.39, 0.29) is 0 Å². The van der Waals surface area contributed by atoms with Gasteiger partial charge >= 0.3 is 0 Å². The van der Waals surface area contributed by atoms with Crippen LogP contribution in [0.25, 0.3) is 108 Å². The van der Waals surface area contributed by atoms with Gasteiger partial charge in [0.2, 0.25) is 0 Å². The summed E-state index contributed by atoms with van der Waals surface area (Å²) >= 11 is 1.87. The lowest BCUT2D eigenvalue weighted by atomic mass is 9.84. The van der Waals surface area contributed by atoms with Crippen molar-refractivity contribution in [1.29, 1.82) is 0 Å². The molecule has 0 atom stereocenters. The molecular weight excluding hydrogens is 617 g/mol. The second-order valence-corrected chi connectivity index (χ2v) is 13.8. The summed E-state index contributed by atoms with van der Waals surface area (Å²) in [5, 5.41) is 10.6. The molecule has 0 saturated heterocycles. The lowest BCUT2D eigenvalue weighted by molar-refractivity contribution is 0.633. The van der Waals surface area contributed by atoms with Gasteiger partial charge < -0.3 is 8.83 Å². The van der Waals surface area contributed by atoms with Crippen LogP contribution in [0.5, 0.6) is 0 Å². The maximum Gasteiger partial charge on any atom is 0.147 e. The highest BCUT2D eigenvalue weighted by atomic mass is 32.1. The third kappa shape index (κ3) is 3.82. The van der Waals surface area contributed by atoms with Gasteiger partial charge in [0.1, 0.15) is 22.5 Å². The molecule has 228 valence electrons. The molecule has 3 heterocycles. The summed E-state index contributed by atoms with van der Waals surface area (Å²) in [5.74, 6) is 0.843. The molecule has 2 nitrogen and oxygen atoms in total. The lowest BCUT2D eigenvalue weighted by Crippen LogP contribution is -1.91. The van der Waals surface area contributed by atoms with Gasteiger partial charge in [-0.3, -0.25) is 0 Å². The van der Waals surface area contributed by atoms with Crippen molar-refractivity contribution in [2.24, 2.45) is 0 Å². The van der Waals surface area contributed by atoms with Gasteiger partial charge in [-0.2, -0.15) is 0 Å². The number of fused-ring (bicyclic) bond motifs is 10. The monoisotopic (exact) mass is 642 g/mol. The number of hydrogen-bond donors (Lipinski definition) is 0. The van der Waals surface area contributed by atoms with E-state index in [0.29, 0.717) is 0 Å². The molecule has 49 heavy (non-hydrogen) atoms. The van der Waals surface area contributed by atoms with Crippen LogP contribution in [-0.2, 0) is 0 Å². The smallest absolute Gasteiger partial charge is 0.147 e. The number of hydrogen-bond acceptors (Lipinski definition) is 3. The van der Waals surface area contributed by atoms with Crippen LogP contribution < -0.4 is 0 Å². The number of benzene rings is 8. The fourth-order valence-electron chi connectivity index (χ4n) is 8.03. The molecule has 0 fully saturated rings. The third-order valence-corrected chi connectivity index (χ3v) is 11.2. The second-order valence-electron chi connectivity index (χ2n) is 12.7. The van der Waals surface area contributed by atoms with Crippen molar-refractivity contribution in [2.75, 3.05) is 0 Å². The zero-order chi connectivity index (χ0) is 32.1. The summed E-state index contributed by atoms with van der Waals surface area (Å²) in [7, 11) is 0. The summed E-state index contributed by atoms with van der Waals surface area (Å²) in [5.41, 5.74) is 8.40. The van der Waals surface area contributed by atoms with Crippen LogP contribution in [0.3, 0.4) is 0 Å². The van der Waals surface area contributed by atoms with Gasteiger partial charge in [0.15, 0.2) is 0 Å². The predicted molar refractivity (Wildman–Crippen MR) is 208 cm³/mol. The van der Waals surface area contributed by atoms with E-state index in [1.54, 1.807) is 0 Å². The van der Waals surface area contributed by atoms with E-state index >= 15 is 0 Å². The average Bonchev–Trinajstić information content (AvgIpc) is 3.87. The van der Waals surface area contributed by atoms with Gasteiger partial charge in [-0.1, -0.05) is 127 Å². The Kier molecular flexibility index (Phi) is 5.57. The van der Waals surface area contributed by atoms with E-state index in [4.69, 9.17) is 8.83 Å². The summed E-state index contributed by atoms with van der Waals surface area (Å²) in [6, 6.07) is 56.4. The predicted octanol–water partition coefficient (Wildman–Crippen LogP) is 14.0. The fraction of sp³-hybridized carbons (Fsp3) is 0. The molecular formula is C46H26O2S. The lowest BCUT2D eigenvalue weighted by Gasteiger charge is -2.19. The first kappa shape index (κ1) is 26.9. The summed E-state index contributed by atoms with van der Waals surface area (Å²) in [6.07, 6.45) is 0. The molecule has 0 unspecified atom stereocenters. The van der Waals surface area contributed by atoms with Crippen LogP contribution >= 0.6 is 11.3 Å². The van der Waals surface area contributed by atoms with E-state index in [9.17, 15) is 0 Å². The fourth-order valence-corrected chi connectivity index (χ4v) is 9.16. The second kappa shape index (κ2) is 10.2. The first-order valence-corrected chi connectivity index (χ1v) is 17.4. The van der Waals surface area contributed by atoms with Crippen LogP contribution in [-0.4, -0.2) is 0 Å². The molecule has 8 aromatic carbocycles. The minimum atomic E-state index is 0.824. The largest absolute Gasteiger partial charge is 0.456 e. The Morgan fingerprint density at radius 2 is 0.959 bits per heavy atom. The molecule has 11 aromatic rings. The number of rotatable bonds is 3. The van der Waals surface area contributed by atoms with Crippen molar-refractivity contribution in [1.82, 2.24) is 0 Å². The van der Waals surface area contributed by atoms with Crippen molar-refractivity contribution in [3.8, 4) is 33.6 Å². The highest BCUT2D eigenvalue weighted by Gasteiger charge is 2.24. The molecule has 0 bridgehead atoms. The highest BCUT2D eigenvalue weighted by molar-refractivity contribution is 7.25. The summed E-state index contributed by atoms with van der Waals surface area (Å²) < 4.78 is 16.0. The number of furan rings is 2. The summed E-state index contributed by atoms with van der Waals surface area (Å²) in [6.45, 7) is 0. The zero-order valence-electron chi connectivity index (χ0n) is 26.2. The Hall–Kier alpha value is -6.16. The first-order valence-electron chi connectivity index (χ1n) is 16.6. The van der Waals surface area contributed by atoms with Gasteiger partial charge in [0.25, 0.3) is 0 Å². The third-order valence-electron chi connectivity index (χ3n) is 10.1. The average molecular weight is 643 g/mol. The molecule has 0 radical (unpaired) electrons. The Morgan fingerprint density at radius 3 is 1.69 bits per heavy atom. The van der Waals surface area contributed by atoms with Gasteiger partial charge in [-0.25, -0.2) is 0 Å². The normalized spacial score (nSPS) is 12.1. The quantitative estimate of drug-likeness (QED) is 0.179. The molecule has 0 amide bonds. The number of thiophene rings is 1. The van der Waals surface area contributed by atoms with Crippen molar-refractivity contribution < 1.29 is 8.83 Å². The Bertz CT molecular complexity index is 3050.